The molecule has 2 rings (SSSR count). The Hall–Kier alpha value is -1.22. The van der Waals surface area contributed by atoms with E-state index in [9.17, 15) is 0 Å². The van der Waals surface area contributed by atoms with Gasteiger partial charge in [-0.3, -0.25) is 4.68 Å². The Morgan fingerprint density at radius 1 is 1.15 bits per heavy atom. The predicted molar refractivity (Wildman–Crippen MR) is 53.8 cm³/mol. The average molecular weight is 190 g/mol. The van der Waals surface area contributed by atoms with Crippen LogP contribution in [0.2, 0.25) is 0 Å². The standard InChI is InChI=1S/C10H10N2S/c1-12-8-10(7-11-12)13-9-5-3-2-4-6-9/h2-8H,1H3. The van der Waals surface area contributed by atoms with E-state index in [1.807, 2.05) is 42.3 Å². The van der Waals surface area contributed by atoms with Gasteiger partial charge in [0.05, 0.1) is 11.1 Å². The van der Waals surface area contributed by atoms with Gasteiger partial charge in [0, 0.05) is 18.1 Å². The molecule has 0 bridgehead atoms. The summed E-state index contributed by atoms with van der Waals surface area (Å²) in [6.45, 7) is 0. The van der Waals surface area contributed by atoms with Crippen LogP contribution < -0.4 is 0 Å². The van der Waals surface area contributed by atoms with Crippen molar-refractivity contribution in [1.82, 2.24) is 9.78 Å². The van der Waals surface area contributed by atoms with Crippen molar-refractivity contribution in [2.75, 3.05) is 0 Å². The van der Waals surface area contributed by atoms with Crippen LogP contribution in [0.4, 0.5) is 0 Å². The first-order chi connectivity index (χ1) is 6.34. The molecule has 0 saturated heterocycles. The maximum absolute atomic E-state index is 4.11. The molecular formula is C10H10N2S. The van der Waals surface area contributed by atoms with Crippen LogP contribution >= 0.6 is 11.8 Å². The zero-order valence-electron chi connectivity index (χ0n) is 7.34. The van der Waals surface area contributed by atoms with Gasteiger partial charge < -0.3 is 0 Å². The van der Waals surface area contributed by atoms with Gasteiger partial charge in [0.2, 0.25) is 0 Å². The highest BCUT2D eigenvalue weighted by Gasteiger charge is 1.97. The van der Waals surface area contributed by atoms with Crippen molar-refractivity contribution < 1.29 is 0 Å². The Kier molecular flexibility index (Phi) is 2.36. The molecular weight excluding hydrogens is 180 g/mol. The molecule has 1 aromatic carbocycles. The highest BCUT2D eigenvalue weighted by molar-refractivity contribution is 7.99. The first-order valence-corrected chi connectivity index (χ1v) is 4.88. The molecule has 0 spiro atoms. The summed E-state index contributed by atoms with van der Waals surface area (Å²) in [5.74, 6) is 0. The maximum atomic E-state index is 4.11. The number of rotatable bonds is 2. The summed E-state index contributed by atoms with van der Waals surface area (Å²) >= 11 is 1.73. The molecule has 0 aliphatic carbocycles. The third-order valence-electron chi connectivity index (χ3n) is 1.66. The summed E-state index contributed by atoms with van der Waals surface area (Å²) in [6.07, 6.45) is 3.88. The second-order valence-electron chi connectivity index (χ2n) is 2.76. The lowest BCUT2D eigenvalue weighted by Crippen LogP contribution is -1.83. The summed E-state index contributed by atoms with van der Waals surface area (Å²) in [7, 11) is 1.93. The Morgan fingerprint density at radius 2 is 1.92 bits per heavy atom. The summed E-state index contributed by atoms with van der Waals surface area (Å²) in [4.78, 5) is 2.42. The molecule has 2 aromatic rings. The third-order valence-corrected chi connectivity index (χ3v) is 2.61. The van der Waals surface area contributed by atoms with Crippen LogP contribution in [0.15, 0.2) is 52.5 Å². The van der Waals surface area contributed by atoms with Gasteiger partial charge in [-0.15, -0.1) is 0 Å². The number of hydrogen-bond donors (Lipinski definition) is 0. The molecule has 0 saturated carbocycles. The molecule has 0 N–H and O–H groups in total. The van der Waals surface area contributed by atoms with Gasteiger partial charge >= 0.3 is 0 Å². The van der Waals surface area contributed by atoms with E-state index in [-0.39, 0.29) is 0 Å². The van der Waals surface area contributed by atoms with E-state index in [0.29, 0.717) is 0 Å². The molecule has 0 aliphatic heterocycles. The predicted octanol–water partition coefficient (Wildman–Crippen LogP) is 2.57. The SMILES string of the molecule is Cn1cc(Sc2ccccc2)cn1. The molecule has 3 heteroatoms. The highest BCUT2D eigenvalue weighted by Crippen LogP contribution is 2.26. The fourth-order valence-electron chi connectivity index (χ4n) is 1.08. The van der Waals surface area contributed by atoms with Crippen molar-refractivity contribution in [2.24, 2.45) is 7.05 Å². The van der Waals surface area contributed by atoms with Crippen molar-refractivity contribution in [3.8, 4) is 0 Å². The average Bonchev–Trinajstić information content (AvgIpc) is 2.53. The van der Waals surface area contributed by atoms with Crippen molar-refractivity contribution in [2.45, 2.75) is 9.79 Å². The largest absolute Gasteiger partial charge is 0.275 e. The molecule has 0 amide bonds. The Balaban J connectivity index is 2.15. The van der Waals surface area contributed by atoms with Crippen molar-refractivity contribution in [3.63, 3.8) is 0 Å². The molecule has 66 valence electrons. The number of aryl methyl sites for hydroxylation is 1. The number of benzene rings is 1. The fraction of sp³-hybridized carbons (Fsp3) is 0.100. The highest BCUT2D eigenvalue weighted by atomic mass is 32.2. The van der Waals surface area contributed by atoms with Gasteiger partial charge in [-0.2, -0.15) is 5.10 Å². The monoisotopic (exact) mass is 190 g/mol. The third kappa shape index (κ3) is 2.12. The lowest BCUT2D eigenvalue weighted by Gasteiger charge is -1.95. The van der Waals surface area contributed by atoms with E-state index >= 15 is 0 Å². The van der Waals surface area contributed by atoms with E-state index in [1.165, 1.54) is 9.79 Å². The number of aromatic nitrogens is 2. The second-order valence-corrected chi connectivity index (χ2v) is 3.91. The van der Waals surface area contributed by atoms with E-state index < -0.39 is 0 Å². The molecule has 13 heavy (non-hydrogen) atoms. The van der Waals surface area contributed by atoms with Crippen LogP contribution in [-0.4, -0.2) is 9.78 Å². The van der Waals surface area contributed by atoms with Gasteiger partial charge in [-0.05, 0) is 12.1 Å². The van der Waals surface area contributed by atoms with E-state index in [1.54, 1.807) is 11.8 Å². The molecule has 1 aromatic heterocycles. The van der Waals surface area contributed by atoms with Crippen LogP contribution in [0, 0.1) is 0 Å². The first-order valence-electron chi connectivity index (χ1n) is 4.06. The first kappa shape index (κ1) is 8.38. The lowest BCUT2D eigenvalue weighted by molar-refractivity contribution is 0.766. The van der Waals surface area contributed by atoms with E-state index in [4.69, 9.17) is 0 Å². The smallest absolute Gasteiger partial charge is 0.0629 e. The summed E-state index contributed by atoms with van der Waals surface area (Å²) in [6, 6.07) is 10.3. The van der Waals surface area contributed by atoms with Crippen LogP contribution in [0.1, 0.15) is 0 Å². The van der Waals surface area contributed by atoms with Gasteiger partial charge in [0.25, 0.3) is 0 Å². The molecule has 0 atom stereocenters. The van der Waals surface area contributed by atoms with Crippen LogP contribution in [-0.2, 0) is 7.05 Å². The minimum absolute atomic E-state index is 1.17. The molecule has 2 nitrogen and oxygen atoms in total. The maximum Gasteiger partial charge on any atom is 0.0629 e. The Morgan fingerprint density at radius 3 is 2.54 bits per heavy atom. The Bertz CT molecular complexity index is 381. The quantitative estimate of drug-likeness (QED) is 0.724. The normalized spacial score (nSPS) is 10.2. The van der Waals surface area contributed by atoms with E-state index in [0.717, 1.165) is 0 Å². The number of nitrogens with zero attached hydrogens (tertiary/aromatic N) is 2. The lowest BCUT2D eigenvalue weighted by atomic mass is 10.4. The van der Waals surface area contributed by atoms with Crippen LogP contribution in [0.25, 0.3) is 0 Å². The van der Waals surface area contributed by atoms with Crippen LogP contribution in [0.5, 0.6) is 0 Å². The summed E-state index contributed by atoms with van der Waals surface area (Å²) in [5, 5.41) is 4.11. The van der Waals surface area contributed by atoms with Crippen molar-refractivity contribution in [3.05, 3.63) is 42.7 Å². The molecule has 0 radical (unpaired) electrons. The van der Waals surface area contributed by atoms with Gasteiger partial charge in [-0.25, -0.2) is 0 Å². The second kappa shape index (κ2) is 3.66. The zero-order chi connectivity index (χ0) is 9.10. The van der Waals surface area contributed by atoms with E-state index in [2.05, 4.69) is 17.2 Å². The minimum Gasteiger partial charge on any atom is -0.275 e. The zero-order valence-corrected chi connectivity index (χ0v) is 8.16. The van der Waals surface area contributed by atoms with Gasteiger partial charge in [0.1, 0.15) is 0 Å². The minimum atomic E-state index is 1.17. The molecule has 0 unspecified atom stereocenters. The van der Waals surface area contributed by atoms with Crippen molar-refractivity contribution in [1.29, 1.82) is 0 Å². The van der Waals surface area contributed by atoms with Crippen molar-refractivity contribution >= 4 is 11.8 Å². The molecule has 0 fully saturated rings. The fourth-order valence-corrected chi connectivity index (χ4v) is 1.95. The summed E-state index contributed by atoms with van der Waals surface area (Å²) < 4.78 is 1.81. The van der Waals surface area contributed by atoms with Gasteiger partial charge in [-0.1, -0.05) is 30.0 Å². The molecule has 1 heterocycles. The van der Waals surface area contributed by atoms with Gasteiger partial charge in [0.15, 0.2) is 0 Å². The van der Waals surface area contributed by atoms with Crippen LogP contribution in [0.3, 0.4) is 0 Å². The molecule has 0 aliphatic rings. The topological polar surface area (TPSA) is 17.8 Å². The summed E-state index contributed by atoms with van der Waals surface area (Å²) in [5.41, 5.74) is 0. The Labute approximate surface area is 81.6 Å². The number of hydrogen-bond acceptors (Lipinski definition) is 2.